The fourth-order valence-electron chi connectivity index (χ4n) is 3.96. The van der Waals surface area contributed by atoms with Gasteiger partial charge in [-0.3, -0.25) is 4.79 Å². The van der Waals surface area contributed by atoms with E-state index in [4.69, 9.17) is 0 Å². The number of benzene rings is 3. The third kappa shape index (κ3) is 3.57. The molecule has 0 saturated carbocycles. The number of anilines is 1. The van der Waals surface area contributed by atoms with E-state index in [0.29, 0.717) is 22.5 Å². The first-order chi connectivity index (χ1) is 15.0. The van der Waals surface area contributed by atoms with E-state index in [-0.39, 0.29) is 18.3 Å². The van der Waals surface area contributed by atoms with Crippen LogP contribution >= 0.6 is 0 Å². The van der Waals surface area contributed by atoms with Gasteiger partial charge in [0.25, 0.3) is 5.91 Å². The second-order valence-electron chi connectivity index (χ2n) is 7.60. The molecule has 2 aromatic heterocycles. The minimum Gasteiger partial charge on any atom is -0.351 e. The van der Waals surface area contributed by atoms with E-state index < -0.39 is 5.82 Å². The first-order valence-corrected chi connectivity index (χ1v) is 9.87. The summed E-state index contributed by atoms with van der Waals surface area (Å²) in [6.45, 7) is 0.241. The summed E-state index contributed by atoms with van der Waals surface area (Å²) >= 11 is 0. The molecule has 5 rings (SSSR count). The summed E-state index contributed by atoms with van der Waals surface area (Å²) in [4.78, 5) is 13.2. The molecule has 6 heteroatoms. The number of hydrogen-bond acceptors (Lipinski definition) is 1. The Morgan fingerprint density at radius 3 is 2.52 bits per heavy atom. The van der Waals surface area contributed by atoms with Gasteiger partial charge >= 0.3 is 0 Å². The van der Waals surface area contributed by atoms with Gasteiger partial charge in [-0.1, -0.05) is 12.1 Å². The van der Waals surface area contributed by atoms with Gasteiger partial charge in [0.05, 0.1) is 5.52 Å². The van der Waals surface area contributed by atoms with Crippen LogP contribution in [0.2, 0.25) is 0 Å². The van der Waals surface area contributed by atoms with Crippen molar-refractivity contribution in [1.82, 2.24) is 9.13 Å². The average molecular weight is 415 g/mol. The molecule has 0 fully saturated rings. The van der Waals surface area contributed by atoms with Crippen LogP contribution in [0.25, 0.3) is 21.8 Å². The van der Waals surface area contributed by atoms with Crippen molar-refractivity contribution < 1.29 is 13.6 Å². The van der Waals surface area contributed by atoms with Crippen molar-refractivity contribution in [2.45, 2.75) is 6.54 Å². The van der Waals surface area contributed by atoms with E-state index in [1.807, 2.05) is 42.1 Å². The molecule has 0 spiro atoms. The summed E-state index contributed by atoms with van der Waals surface area (Å²) in [6.07, 6.45) is 1.96. The topological polar surface area (TPSA) is 39.0 Å². The van der Waals surface area contributed by atoms with Gasteiger partial charge < -0.3 is 14.5 Å². The van der Waals surface area contributed by atoms with E-state index in [1.165, 1.54) is 24.3 Å². The van der Waals surface area contributed by atoms with E-state index >= 15 is 0 Å². The first kappa shape index (κ1) is 19.1. The zero-order valence-electron chi connectivity index (χ0n) is 16.8. The van der Waals surface area contributed by atoms with Gasteiger partial charge in [0.2, 0.25) is 0 Å². The molecule has 0 aliphatic rings. The Morgan fingerprint density at radius 1 is 0.871 bits per heavy atom. The minimum atomic E-state index is -0.396. The third-order valence-electron chi connectivity index (χ3n) is 5.47. The van der Waals surface area contributed by atoms with Gasteiger partial charge in [-0.25, -0.2) is 8.78 Å². The number of fused-ring (bicyclic) bond motifs is 2. The number of nitrogens with one attached hydrogen (secondary N) is 1. The predicted octanol–water partition coefficient (Wildman–Crippen LogP) is 5.71. The molecule has 1 N–H and O–H groups in total. The molecule has 5 aromatic rings. The van der Waals surface area contributed by atoms with Crippen LogP contribution in [0.3, 0.4) is 0 Å². The van der Waals surface area contributed by atoms with Crippen LogP contribution in [-0.2, 0) is 13.6 Å². The largest absolute Gasteiger partial charge is 0.351 e. The number of nitrogens with zero attached hydrogens (tertiary/aromatic N) is 2. The Bertz CT molecular complexity index is 1450. The second kappa shape index (κ2) is 7.40. The van der Waals surface area contributed by atoms with Gasteiger partial charge in [-0.2, -0.15) is 0 Å². The molecule has 154 valence electrons. The van der Waals surface area contributed by atoms with Crippen molar-refractivity contribution in [3.05, 3.63) is 102 Å². The summed E-state index contributed by atoms with van der Waals surface area (Å²) < 4.78 is 31.4. The Balaban J connectivity index is 1.54. The van der Waals surface area contributed by atoms with Gasteiger partial charge in [-0.15, -0.1) is 0 Å². The van der Waals surface area contributed by atoms with Crippen molar-refractivity contribution in [2.75, 3.05) is 5.32 Å². The van der Waals surface area contributed by atoms with Crippen LogP contribution in [-0.4, -0.2) is 15.0 Å². The summed E-state index contributed by atoms with van der Waals surface area (Å²) in [5, 5.41) is 4.69. The van der Waals surface area contributed by atoms with Gasteiger partial charge in [0.1, 0.15) is 17.3 Å². The lowest BCUT2D eigenvalue weighted by Crippen LogP contribution is -2.17. The number of amides is 1. The lowest BCUT2D eigenvalue weighted by molar-refractivity contribution is 0.101. The summed E-state index contributed by atoms with van der Waals surface area (Å²) in [5.41, 5.74) is 3.36. The highest BCUT2D eigenvalue weighted by molar-refractivity contribution is 6.07. The highest BCUT2D eigenvalue weighted by Gasteiger charge is 2.17. The maximum atomic E-state index is 14.0. The quantitative estimate of drug-likeness (QED) is 0.401. The lowest BCUT2D eigenvalue weighted by Gasteiger charge is -2.12. The van der Waals surface area contributed by atoms with E-state index in [9.17, 15) is 13.6 Å². The first-order valence-electron chi connectivity index (χ1n) is 9.87. The third-order valence-corrected chi connectivity index (χ3v) is 5.47. The molecule has 0 saturated heterocycles. The number of hydrogen-bond donors (Lipinski definition) is 1. The number of carbonyl (C=O) groups is 1. The lowest BCUT2D eigenvalue weighted by atomic mass is 10.2. The summed E-state index contributed by atoms with van der Waals surface area (Å²) in [7, 11) is 1.96. The van der Waals surface area contributed by atoms with Crippen LogP contribution in [0.4, 0.5) is 14.5 Å². The molecule has 0 unspecified atom stereocenters. The maximum absolute atomic E-state index is 14.0. The van der Waals surface area contributed by atoms with Crippen molar-refractivity contribution in [1.29, 1.82) is 0 Å². The SMILES string of the molecule is Cn1ccc2cc(NC(=O)c3cc4ccc(F)cc4n3Cc3cccc(F)c3)ccc21. The van der Waals surface area contributed by atoms with Crippen LogP contribution in [0.1, 0.15) is 16.1 Å². The number of rotatable bonds is 4. The van der Waals surface area contributed by atoms with Crippen molar-refractivity contribution in [3.63, 3.8) is 0 Å². The summed E-state index contributed by atoms with van der Waals surface area (Å²) in [6, 6.07) is 20.0. The highest BCUT2D eigenvalue weighted by Crippen LogP contribution is 2.25. The van der Waals surface area contributed by atoms with Crippen LogP contribution in [0.5, 0.6) is 0 Å². The number of aryl methyl sites for hydroxylation is 1. The van der Waals surface area contributed by atoms with Gasteiger partial charge in [-0.05, 0) is 66.2 Å². The van der Waals surface area contributed by atoms with Crippen LogP contribution in [0, 0.1) is 11.6 Å². The van der Waals surface area contributed by atoms with Crippen molar-refractivity contribution in [2.24, 2.45) is 7.05 Å². The molecule has 0 aliphatic heterocycles. The van der Waals surface area contributed by atoms with E-state index in [0.717, 1.165) is 16.3 Å². The molecule has 0 aliphatic carbocycles. The maximum Gasteiger partial charge on any atom is 0.272 e. The Morgan fingerprint density at radius 2 is 1.68 bits per heavy atom. The molecule has 3 aromatic carbocycles. The smallest absolute Gasteiger partial charge is 0.272 e. The van der Waals surface area contributed by atoms with Gasteiger partial charge in [0, 0.05) is 41.8 Å². The monoisotopic (exact) mass is 415 g/mol. The molecule has 0 bridgehead atoms. The fraction of sp³-hybridized carbons (Fsp3) is 0.0800. The van der Waals surface area contributed by atoms with Crippen molar-refractivity contribution in [3.8, 4) is 0 Å². The van der Waals surface area contributed by atoms with E-state index in [2.05, 4.69) is 5.32 Å². The summed E-state index contributed by atoms with van der Waals surface area (Å²) in [5.74, 6) is -1.07. The number of halogens is 2. The Labute approximate surface area is 177 Å². The zero-order chi connectivity index (χ0) is 21.5. The molecule has 31 heavy (non-hydrogen) atoms. The fourth-order valence-corrected chi connectivity index (χ4v) is 3.96. The molecule has 0 radical (unpaired) electrons. The molecule has 0 atom stereocenters. The number of aromatic nitrogens is 2. The Kier molecular flexibility index (Phi) is 4.55. The highest BCUT2D eigenvalue weighted by atomic mass is 19.1. The average Bonchev–Trinajstić information content (AvgIpc) is 3.28. The zero-order valence-corrected chi connectivity index (χ0v) is 16.8. The molecule has 1 amide bonds. The van der Waals surface area contributed by atoms with E-state index in [1.54, 1.807) is 28.8 Å². The number of carbonyl (C=O) groups excluding carboxylic acids is 1. The molecular weight excluding hydrogens is 396 g/mol. The standard InChI is InChI=1S/C25H19F2N3O/c1-29-10-9-18-12-21(7-8-22(18)29)28-25(31)24-13-17-5-6-20(27)14-23(17)30(24)15-16-3-2-4-19(26)11-16/h2-14H,15H2,1H3,(H,28,31). The van der Waals surface area contributed by atoms with Gasteiger partial charge in [0.15, 0.2) is 0 Å². The molecule has 4 nitrogen and oxygen atoms in total. The van der Waals surface area contributed by atoms with Crippen LogP contribution < -0.4 is 5.32 Å². The second-order valence-corrected chi connectivity index (χ2v) is 7.60. The normalized spacial score (nSPS) is 11.3. The predicted molar refractivity (Wildman–Crippen MR) is 118 cm³/mol. The molecule has 2 heterocycles. The minimum absolute atomic E-state index is 0.241. The Hall–Kier alpha value is -3.93. The van der Waals surface area contributed by atoms with Crippen LogP contribution in [0.15, 0.2) is 79.0 Å². The molecular formula is C25H19F2N3O. The van der Waals surface area contributed by atoms with Crippen molar-refractivity contribution >= 4 is 33.4 Å².